The topological polar surface area (TPSA) is 75.4 Å². The summed E-state index contributed by atoms with van der Waals surface area (Å²) >= 11 is 0. The van der Waals surface area contributed by atoms with Crippen LogP contribution in [0, 0.1) is 0 Å². The largest absolute Gasteiger partial charge is 0.399 e. The molecular weight excluding hydrogens is 254 g/mol. The Morgan fingerprint density at radius 3 is 2.55 bits per heavy atom. The lowest BCUT2D eigenvalue weighted by Gasteiger charge is -2.26. The summed E-state index contributed by atoms with van der Waals surface area (Å²) in [4.78, 5) is 25.2. The van der Waals surface area contributed by atoms with Gasteiger partial charge in [0.15, 0.2) is 0 Å². The Morgan fingerprint density at radius 2 is 1.95 bits per heavy atom. The third kappa shape index (κ3) is 3.50. The van der Waals surface area contributed by atoms with Gasteiger partial charge in [-0.2, -0.15) is 0 Å². The number of urea groups is 1. The normalized spacial score (nSPS) is 15.7. The van der Waals surface area contributed by atoms with E-state index in [0.29, 0.717) is 11.4 Å². The smallest absolute Gasteiger partial charge is 0.328 e. The van der Waals surface area contributed by atoms with E-state index in [1.54, 1.807) is 24.3 Å². The van der Waals surface area contributed by atoms with Crippen LogP contribution in [0.25, 0.3) is 0 Å². The molecule has 1 aliphatic rings. The van der Waals surface area contributed by atoms with Crippen LogP contribution in [-0.4, -0.2) is 18.0 Å². The number of hydrogen-bond acceptors (Lipinski definition) is 3. The molecule has 1 fully saturated rings. The molecule has 20 heavy (non-hydrogen) atoms. The predicted molar refractivity (Wildman–Crippen MR) is 79.4 cm³/mol. The Balaban J connectivity index is 2.11. The van der Waals surface area contributed by atoms with Gasteiger partial charge in [0.2, 0.25) is 5.91 Å². The van der Waals surface area contributed by atoms with E-state index < -0.39 is 0 Å². The second-order valence-electron chi connectivity index (χ2n) is 5.23. The van der Waals surface area contributed by atoms with Gasteiger partial charge in [-0.05, 0) is 31.0 Å². The van der Waals surface area contributed by atoms with E-state index in [4.69, 9.17) is 5.73 Å². The predicted octanol–water partition coefficient (Wildman–Crippen LogP) is 2.66. The van der Waals surface area contributed by atoms with Crippen molar-refractivity contribution in [2.24, 2.45) is 0 Å². The van der Waals surface area contributed by atoms with Crippen LogP contribution in [0.3, 0.4) is 0 Å². The fourth-order valence-corrected chi connectivity index (χ4v) is 2.59. The van der Waals surface area contributed by atoms with Crippen LogP contribution in [0.5, 0.6) is 0 Å². The monoisotopic (exact) mass is 275 g/mol. The van der Waals surface area contributed by atoms with Crippen molar-refractivity contribution in [2.45, 2.75) is 45.1 Å². The van der Waals surface area contributed by atoms with Gasteiger partial charge in [0.25, 0.3) is 0 Å². The number of amides is 3. The van der Waals surface area contributed by atoms with Crippen LogP contribution in [0.15, 0.2) is 24.3 Å². The van der Waals surface area contributed by atoms with Crippen molar-refractivity contribution in [3.63, 3.8) is 0 Å². The Labute approximate surface area is 119 Å². The molecule has 0 atom stereocenters. The Hall–Kier alpha value is -2.04. The van der Waals surface area contributed by atoms with E-state index in [2.05, 4.69) is 5.32 Å². The van der Waals surface area contributed by atoms with Gasteiger partial charge in [-0.3, -0.25) is 4.79 Å². The fourth-order valence-electron chi connectivity index (χ4n) is 2.59. The summed E-state index contributed by atoms with van der Waals surface area (Å²) < 4.78 is 0. The van der Waals surface area contributed by atoms with Crippen molar-refractivity contribution in [3.05, 3.63) is 24.3 Å². The van der Waals surface area contributed by atoms with Gasteiger partial charge in [0.1, 0.15) is 0 Å². The highest BCUT2D eigenvalue weighted by atomic mass is 16.2. The second-order valence-corrected chi connectivity index (χ2v) is 5.23. The minimum Gasteiger partial charge on any atom is -0.399 e. The first-order chi connectivity index (χ1) is 9.58. The lowest BCUT2D eigenvalue weighted by molar-refractivity contribution is -0.115. The minimum absolute atomic E-state index is 0.166. The average Bonchev–Trinajstić information content (AvgIpc) is 2.39. The average molecular weight is 275 g/mol. The maximum atomic E-state index is 12.3. The van der Waals surface area contributed by atoms with Gasteiger partial charge in [-0.1, -0.05) is 25.3 Å². The highest BCUT2D eigenvalue weighted by molar-refractivity contribution is 6.13. The summed E-state index contributed by atoms with van der Waals surface area (Å²) in [6, 6.07) is 6.59. The molecule has 0 aliphatic heterocycles. The number of carbonyl (C=O) groups excluding carboxylic acids is 2. The zero-order valence-electron chi connectivity index (χ0n) is 11.8. The lowest BCUT2D eigenvalue weighted by atomic mass is 9.96. The number of nitrogen functional groups attached to an aromatic ring is 1. The number of imide groups is 1. The first kappa shape index (κ1) is 14.4. The van der Waals surface area contributed by atoms with E-state index in [9.17, 15) is 9.59 Å². The van der Waals surface area contributed by atoms with E-state index in [1.807, 2.05) is 0 Å². The van der Waals surface area contributed by atoms with E-state index in [1.165, 1.54) is 13.3 Å². The summed E-state index contributed by atoms with van der Waals surface area (Å²) in [5, 5.41) is 2.94. The number of nitrogens with zero attached hydrogens (tertiary/aromatic N) is 1. The summed E-state index contributed by atoms with van der Waals surface area (Å²) in [5.41, 5.74) is 6.74. The van der Waals surface area contributed by atoms with Gasteiger partial charge < -0.3 is 11.1 Å². The van der Waals surface area contributed by atoms with Crippen molar-refractivity contribution >= 4 is 23.3 Å². The number of benzene rings is 1. The number of nitrogens with one attached hydrogen (secondary N) is 1. The van der Waals surface area contributed by atoms with Crippen LogP contribution in [0.4, 0.5) is 16.2 Å². The maximum Gasteiger partial charge on any atom is 0.328 e. The second kappa shape index (κ2) is 6.41. The number of rotatable bonds is 2. The summed E-state index contributed by atoms with van der Waals surface area (Å²) in [6.07, 6.45) is 5.44. The third-order valence-electron chi connectivity index (χ3n) is 3.58. The molecule has 0 heterocycles. The maximum absolute atomic E-state index is 12.3. The molecule has 0 radical (unpaired) electrons. The lowest BCUT2D eigenvalue weighted by Crippen LogP contribution is -2.47. The standard InChI is InChI=1S/C15H21N3O2/c1-11(19)18(14-9-5-6-12(16)10-14)15(20)17-13-7-3-2-4-8-13/h5-6,9-10,13H,2-4,7-8,16H2,1H3,(H,17,20). The zero-order valence-corrected chi connectivity index (χ0v) is 11.8. The Morgan fingerprint density at radius 1 is 1.25 bits per heavy atom. The third-order valence-corrected chi connectivity index (χ3v) is 3.58. The summed E-state index contributed by atoms with van der Waals surface area (Å²) in [6.45, 7) is 1.38. The number of hydrogen-bond donors (Lipinski definition) is 2. The van der Waals surface area contributed by atoms with Gasteiger partial charge in [0, 0.05) is 18.7 Å². The van der Waals surface area contributed by atoms with Crippen LogP contribution in [0.1, 0.15) is 39.0 Å². The fraction of sp³-hybridized carbons (Fsp3) is 0.467. The number of nitrogens with two attached hydrogens (primary N) is 1. The molecule has 2 rings (SSSR count). The van der Waals surface area contributed by atoms with Gasteiger partial charge in [-0.25, -0.2) is 9.69 Å². The molecule has 5 nitrogen and oxygen atoms in total. The molecule has 0 spiro atoms. The molecule has 0 unspecified atom stereocenters. The minimum atomic E-state index is -0.366. The molecule has 108 valence electrons. The Kier molecular flexibility index (Phi) is 4.61. The molecule has 0 saturated heterocycles. The first-order valence-corrected chi connectivity index (χ1v) is 7.04. The van der Waals surface area contributed by atoms with Gasteiger partial charge in [0.05, 0.1) is 5.69 Å². The highest BCUT2D eigenvalue weighted by Gasteiger charge is 2.23. The Bertz CT molecular complexity index is 496. The molecule has 5 heteroatoms. The molecule has 0 aromatic heterocycles. The summed E-state index contributed by atoms with van der Waals surface area (Å²) in [7, 11) is 0. The molecule has 1 aliphatic carbocycles. The van der Waals surface area contributed by atoms with Gasteiger partial charge >= 0.3 is 6.03 Å². The van der Waals surface area contributed by atoms with Gasteiger partial charge in [-0.15, -0.1) is 0 Å². The number of carbonyl (C=O) groups is 2. The van der Waals surface area contributed by atoms with Crippen LogP contribution < -0.4 is 16.0 Å². The van der Waals surface area contributed by atoms with Crippen LogP contribution in [-0.2, 0) is 4.79 Å². The first-order valence-electron chi connectivity index (χ1n) is 7.04. The van der Waals surface area contributed by atoms with Crippen LogP contribution >= 0.6 is 0 Å². The molecule has 3 N–H and O–H groups in total. The van der Waals surface area contributed by atoms with Crippen LogP contribution in [0.2, 0.25) is 0 Å². The molecular formula is C15H21N3O2. The van der Waals surface area contributed by atoms with Crippen molar-refractivity contribution in [1.29, 1.82) is 0 Å². The molecule has 1 saturated carbocycles. The molecule has 0 bridgehead atoms. The molecule has 1 aromatic rings. The van der Waals surface area contributed by atoms with E-state index >= 15 is 0 Å². The molecule has 3 amide bonds. The SMILES string of the molecule is CC(=O)N(C(=O)NC1CCCCC1)c1cccc(N)c1. The quantitative estimate of drug-likeness (QED) is 0.815. The zero-order chi connectivity index (χ0) is 14.5. The summed E-state index contributed by atoms with van der Waals surface area (Å²) in [5.74, 6) is -0.316. The highest BCUT2D eigenvalue weighted by Crippen LogP contribution is 2.20. The number of anilines is 2. The van der Waals surface area contributed by atoms with Crippen molar-refractivity contribution in [3.8, 4) is 0 Å². The molecule has 1 aromatic carbocycles. The van der Waals surface area contributed by atoms with E-state index in [-0.39, 0.29) is 18.0 Å². The van der Waals surface area contributed by atoms with Crippen molar-refractivity contribution in [1.82, 2.24) is 5.32 Å². The van der Waals surface area contributed by atoms with Crippen molar-refractivity contribution in [2.75, 3.05) is 10.6 Å². The van der Waals surface area contributed by atoms with Crippen molar-refractivity contribution < 1.29 is 9.59 Å². The van der Waals surface area contributed by atoms with E-state index in [0.717, 1.165) is 30.6 Å².